The molecule has 2 aromatic rings. The normalized spacial score (nSPS) is 10.2. The molecular formula is C16H16N2O3S. The van der Waals surface area contributed by atoms with Crippen LogP contribution in [0.3, 0.4) is 0 Å². The number of nitrogens with zero attached hydrogens (tertiary/aromatic N) is 1. The van der Waals surface area contributed by atoms with E-state index >= 15 is 0 Å². The van der Waals surface area contributed by atoms with E-state index in [0.29, 0.717) is 11.4 Å². The summed E-state index contributed by atoms with van der Waals surface area (Å²) in [6.45, 7) is 2.03. The fourth-order valence-corrected chi connectivity index (χ4v) is 2.73. The summed E-state index contributed by atoms with van der Waals surface area (Å²) in [6, 6.07) is 14.1. The molecule has 0 saturated heterocycles. The van der Waals surface area contributed by atoms with E-state index in [1.54, 1.807) is 12.1 Å². The molecule has 114 valence electrons. The fraction of sp³-hybridized carbons (Fsp3) is 0.188. The Hall–Kier alpha value is -2.34. The van der Waals surface area contributed by atoms with E-state index in [2.05, 4.69) is 11.4 Å². The first-order valence-corrected chi connectivity index (χ1v) is 7.87. The zero-order valence-electron chi connectivity index (χ0n) is 12.1. The summed E-state index contributed by atoms with van der Waals surface area (Å²) in [5, 5.41) is 13.4. The zero-order valence-corrected chi connectivity index (χ0v) is 12.9. The Morgan fingerprint density at radius 1 is 1.23 bits per heavy atom. The van der Waals surface area contributed by atoms with Gasteiger partial charge < -0.3 is 5.32 Å². The SMILES string of the molecule is Cc1cccc(CSCC(=O)Nc2cccc([N+](=O)[O-])c2)c1. The Kier molecular flexibility index (Phi) is 5.55. The van der Waals surface area contributed by atoms with Gasteiger partial charge in [-0.15, -0.1) is 11.8 Å². The monoisotopic (exact) mass is 316 g/mol. The van der Waals surface area contributed by atoms with Crippen molar-refractivity contribution in [3.8, 4) is 0 Å². The van der Waals surface area contributed by atoms with Crippen LogP contribution >= 0.6 is 11.8 Å². The van der Waals surface area contributed by atoms with Gasteiger partial charge in [-0.1, -0.05) is 35.9 Å². The maximum atomic E-state index is 11.8. The molecule has 1 amide bonds. The van der Waals surface area contributed by atoms with Gasteiger partial charge in [-0.25, -0.2) is 0 Å². The van der Waals surface area contributed by atoms with Crippen molar-refractivity contribution < 1.29 is 9.72 Å². The first-order valence-electron chi connectivity index (χ1n) is 6.72. The van der Waals surface area contributed by atoms with E-state index in [1.807, 2.05) is 25.1 Å². The predicted octanol–water partition coefficient (Wildman–Crippen LogP) is 3.78. The van der Waals surface area contributed by atoms with Gasteiger partial charge in [0, 0.05) is 23.6 Å². The molecule has 0 aliphatic carbocycles. The number of nitro groups is 1. The maximum absolute atomic E-state index is 11.8. The van der Waals surface area contributed by atoms with Crippen LogP contribution in [0.25, 0.3) is 0 Å². The average molecular weight is 316 g/mol. The number of nitro benzene ring substituents is 1. The molecule has 0 radical (unpaired) electrons. The number of carbonyl (C=O) groups excluding carboxylic acids is 1. The lowest BCUT2D eigenvalue weighted by Gasteiger charge is -2.05. The molecule has 22 heavy (non-hydrogen) atoms. The molecule has 0 spiro atoms. The van der Waals surface area contributed by atoms with Crippen LogP contribution in [0.5, 0.6) is 0 Å². The summed E-state index contributed by atoms with van der Waals surface area (Å²) in [6.07, 6.45) is 0. The van der Waals surface area contributed by atoms with E-state index in [4.69, 9.17) is 0 Å². The number of thioether (sulfide) groups is 1. The molecule has 6 heteroatoms. The summed E-state index contributed by atoms with van der Waals surface area (Å²) < 4.78 is 0. The molecule has 1 N–H and O–H groups in total. The third-order valence-electron chi connectivity index (χ3n) is 2.93. The Morgan fingerprint density at radius 2 is 2.00 bits per heavy atom. The van der Waals surface area contributed by atoms with Gasteiger partial charge in [-0.2, -0.15) is 0 Å². The van der Waals surface area contributed by atoms with Crippen molar-refractivity contribution in [2.45, 2.75) is 12.7 Å². The molecule has 0 bridgehead atoms. The highest BCUT2D eigenvalue weighted by atomic mass is 32.2. The van der Waals surface area contributed by atoms with Crippen molar-refractivity contribution in [2.24, 2.45) is 0 Å². The first kappa shape index (κ1) is 16.0. The lowest BCUT2D eigenvalue weighted by molar-refractivity contribution is -0.384. The van der Waals surface area contributed by atoms with Crippen LogP contribution in [0.2, 0.25) is 0 Å². The molecule has 0 heterocycles. The number of rotatable bonds is 6. The third-order valence-corrected chi connectivity index (χ3v) is 3.93. The van der Waals surface area contributed by atoms with Crippen molar-refractivity contribution in [3.05, 3.63) is 69.8 Å². The van der Waals surface area contributed by atoms with E-state index in [-0.39, 0.29) is 11.6 Å². The van der Waals surface area contributed by atoms with Gasteiger partial charge in [0.05, 0.1) is 10.7 Å². The summed E-state index contributed by atoms with van der Waals surface area (Å²) in [5.41, 5.74) is 2.77. The van der Waals surface area contributed by atoms with Crippen molar-refractivity contribution in [3.63, 3.8) is 0 Å². The molecule has 0 atom stereocenters. The topological polar surface area (TPSA) is 72.2 Å². The number of aryl methyl sites for hydroxylation is 1. The molecule has 2 rings (SSSR count). The standard InChI is InChI=1S/C16H16N2O3S/c1-12-4-2-5-13(8-12)10-22-11-16(19)17-14-6-3-7-15(9-14)18(20)21/h2-9H,10-11H2,1H3,(H,17,19). The van der Waals surface area contributed by atoms with E-state index in [0.717, 1.165) is 5.75 Å². The molecule has 0 aliphatic heterocycles. The molecule has 0 aromatic heterocycles. The lowest BCUT2D eigenvalue weighted by atomic mass is 10.2. The number of amides is 1. The summed E-state index contributed by atoms with van der Waals surface area (Å²) >= 11 is 1.51. The minimum Gasteiger partial charge on any atom is -0.325 e. The molecule has 5 nitrogen and oxygen atoms in total. The van der Waals surface area contributed by atoms with Crippen LogP contribution in [-0.4, -0.2) is 16.6 Å². The van der Waals surface area contributed by atoms with Crippen molar-refractivity contribution in [2.75, 3.05) is 11.1 Å². The van der Waals surface area contributed by atoms with Crippen molar-refractivity contribution in [1.29, 1.82) is 0 Å². The second-order valence-electron chi connectivity index (χ2n) is 4.84. The highest BCUT2D eigenvalue weighted by Gasteiger charge is 2.08. The van der Waals surface area contributed by atoms with Crippen LogP contribution in [0.15, 0.2) is 48.5 Å². The van der Waals surface area contributed by atoms with E-state index in [9.17, 15) is 14.9 Å². The molecule has 0 unspecified atom stereocenters. The summed E-state index contributed by atoms with van der Waals surface area (Å²) in [5.74, 6) is 0.888. The van der Waals surface area contributed by atoms with Gasteiger partial charge in [0.1, 0.15) is 0 Å². The van der Waals surface area contributed by atoms with Crippen LogP contribution in [0, 0.1) is 17.0 Å². The Morgan fingerprint density at radius 3 is 2.73 bits per heavy atom. The maximum Gasteiger partial charge on any atom is 0.271 e. The van der Waals surface area contributed by atoms with Gasteiger partial charge in [0.25, 0.3) is 5.69 Å². The highest BCUT2D eigenvalue weighted by molar-refractivity contribution is 7.99. The molecule has 2 aromatic carbocycles. The number of non-ortho nitro benzene ring substituents is 1. The van der Waals surface area contributed by atoms with Crippen LogP contribution in [-0.2, 0) is 10.5 Å². The number of benzene rings is 2. The Balaban J connectivity index is 1.83. The zero-order chi connectivity index (χ0) is 15.9. The number of hydrogen-bond acceptors (Lipinski definition) is 4. The quantitative estimate of drug-likeness (QED) is 0.650. The first-order chi connectivity index (χ1) is 10.5. The number of carbonyl (C=O) groups is 1. The smallest absolute Gasteiger partial charge is 0.271 e. The summed E-state index contributed by atoms with van der Waals surface area (Å²) in [4.78, 5) is 22.0. The molecule has 0 fully saturated rings. The molecular weight excluding hydrogens is 300 g/mol. The van der Waals surface area contributed by atoms with Crippen LogP contribution < -0.4 is 5.32 Å². The van der Waals surface area contributed by atoms with Gasteiger partial charge in [0.15, 0.2) is 0 Å². The second kappa shape index (κ2) is 7.61. The van der Waals surface area contributed by atoms with Crippen LogP contribution in [0.1, 0.15) is 11.1 Å². The average Bonchev–Trinajstić information content (AvgIpc) is 2.47. The van der Waals surface area contributed by atoms with E-state index < -0.39 is 4.92 Å². The highest BCUT2D eigenvalue weighted by Crippen LogP contribution is 2.18. The van der Waals surface area contributed by atoms with Crippen molar-refractivity contribution >= 4 is 29.0 Å². The van der Waals surface area contributed by atoms with E-state index in [1.165, 1.54) is 35.0 Å². The van der Waals surface area contributed by atoms with Gasteiger partial charge in [-0.3, -0.25) is 14.9 Å². The summed E-state index contributed by atoms with van der Waals surface area (Å²) in [7, 11) is 0. The number of anilines is 1. The minimum atomic E-state index is -0.484. The second-order valence-corrected chi connectivity index (χ2v) is 5.82. The van der Waals surface area contributed by atoms with Gasteiger partial charge >= 0.3 is 0 Å². The largest absolute Gasteiger partial charge is 0.325 e. The molecule has 0 aliphatic rings. The van der Waals surface area contributed by atoms with Crippen LogP contribution in [0.4, 0.5) is 11.4 Å². The van der Waals surface area contributed by atoms with Crippen molar-refractivity contribution in [1.82, 2.24) is 0 Å². The fourth-order valence-electron chi connectivity index (χ4n) is 1.96. The lowest BCUT2D eigenvalue weighted by Crippen LogP contribution is -2.14. The number of hydrogen-bond donors (Lipinski definition) is 1. The predicted molar refractivity (Wildman–Crippen MR) is 89.1 cm³/mol. The third kappa shape index (κ3) is 4.89. The Bertz CT molecular complexity index is 689. The molecule has 0 saturated carbocycles. The number of nitrogens with one attached hydrogen (secondary N) is 1. The van der Waals surface area contributed by atoms with Gasteiger partial charge in [-0.05, 0) is 18.6 Å². The Labute approximate surface area is 132 Å². The minimum absolute atomic E-state index is 0.0368. The van der Waals surface area contributed by atoms with Gasteiger partial charge in [0.2, 0.25) is 5.91 Å².